The molecule has 3 N–H and O–H groups in total. The number of nitrogens with zero attached hydrogens (tertiary/aromatic N) is 1. The third-order valence-corrected chi connectivity index (χ3v) is 2.49. The van der Waals surface area contributed by atoms with Crippen LogP contribution in [0.2, 0.25) is 0 Å². The van der Waals surface area contributed by atoms with Crippen LogP contribution >= 0.6 is 0 Å². The Morgan fingerprint density at radius 1 is 1.56 bits per heavy atom. The molecule has 100 valence electrons. The van der Waals surface area contributed by atoms with Gasteiger partial charge in [0.25, 0.3) is 5.91 Å². The molecule has 1 unspecified atom stereocenters. The van der Waals surface area contributed by atoms with Gasteiger partial charge >= 0.3 is 0 Å². The third-order valence-electron chi connectivity index (χ3n) is 2.49. The number of hydrogen-bond donors (Lipinski definition) is 2. The number of aryl methyl sites for hydroxylation is 1. The van der Waals surface area contributed by atoms with Gasteiger partial charge in [-0.2, -0.15) is 0 Å². The smallest absolute Gasteiger partial charge is 0.260 e. The van der Waals surface area contributed by atoms with E-state index in [1.54, 1.807) is 13.0 Å². The van der Waals surface area contributed by atoms with Crippen LogP contribution in [0, 0.1) is 6.92 Å². The largest absolute Gasteiger partial charge is 0.479 e. The number of nitrogens with one attached hydrogen (secondary N) is 1. The van der Waals surface area contributed by atoms with E-state index in [4.69, 9.17) is 10.5 Å². The molecule has 5 nitrogen and oxygen atoms in total. The highest BCUT2D eigenvalue weighted by Crippen LogP contribution is 2.17. The monoisotopic (exact) mass is 251 g/mol. The predicted octanol–water partition coefficient (Wildman–Crippen LogP) is 1.14. The maximum Gasteiger partial charge on any atom is 0.260 e. The summed E-state index contributed by atoms with van der Waals surface area (Å²) < 4.78 is 5.60. The molecule has 0 bridgehead atoms. The minimum atomic E-state index is -0.550. The fourth-order valence-corrected chi connectivity index (χ4v) is 1.49. The van der Waals surface area contributed by atoms with Crippen molar-refractivity contribution in [2.45, 2.75) is 39.8 Å². The van der Waals surface area contributed by atoms with Gasteiger partial charge in [-0.1, -0.05) is 6.92 Å². The lowest BCUT2D eigenvalue weighted by atomic mass is 10.2. The minimum absolute atomic E-state index is 0.125. The van der Waals surface area contributed by atoms with Gasteiger partial charge in [-0.25, -0.2) is 0 Å². The first kappa shape index (κ1) is 14.4. The van der Waals surface area contributed by atoms with Crippen molar-refractivity contribution in [2.24, 2.45) is 5.73 Å². The summed E-state index contributed by atoms with van der Waals surface area (Å²) in [5.41, 5.74) is 7.16. The first-order chi connectivity index (χ1) is 8.58. The number of aromatic nitrogens is 1. The molecule has 0 aliphatic carbocycles. The number of hydrogen-bond acceptors (Lipinski definition) is 4. The number of nitrogens with two attached hydrogens (primary N) is 1. The average Bonchev–Trinajstić information content (AvgIpc) is 2.37. The Bertz CT molecular complexity index is 407. The molecule has 0 saturated carbocycles. The van der Waals surface area contributed by atoms with Crippen LogP contribution in [-0.4, -0.2) is 23.5 Å². The van der Waals surface area contributed by atoms with Gasteiger partial charge in [-0.3, -0.25) is 9.78 Å². The summed E-state index contributed by atoms with van der Waals surface area (Å²) in [5, 5.41) is 2.79. The summed E-state index contributed by atoms with van der Waals surface area (Å²) in [5.74, 6) is 0.447. The van der Waals surface area contributed by atoms with Crippen LogP contribution < -0.4 is 15.8 Å². The zero-order valence-corrected chi connectivity index (χ0v) is 11.2. The fraction of sp³-hybridized carbons (Fsp3) is 0.538. The van der Waals surface area contributed by atoms with Gasteiger partial charge in [-0.05, 0) is 32.4 Å². The quantitative estimate of drug-likeness (QED) is 0.795. The van der Waals surface area contributed by atoms with E-state index in [1.807, 2.05) is 19.9 Å². The molecule has 0 aliphatic rings. The second kappa shape index (κ2) is 6.96. The van der Waals surface area contributed by atoms with E-state index >= 15 is 0 Å². The van der Waals surface area contributed by atoms with Gasteiger partial charge in [0.2, 0.25) is 0 Å². The van der Waals surface area contributed by atoms with Crippen LogP contribution in [-0.2, 0) is 11.3 Å². The normalized spacial score (nSPS) is 12.0. The van der Waals surface area contributed by atoms with Gasteiger partial charge in [0.1, 0.15) is 5.75 Å². The van der Waals surface area contributed by atoms with Crippen molar-refractivity contribution in [1.29, 1.82) is 0 Å². The summed E-state index contributed by atoms with van der Waals surface area (Å²) in [6.45, 7) is 6.55. The molecule has 1 aromatic rings. The number of pyridine rings is 1. The zero-order valence-electron chi connectivity index (χ0n) is 11.2. The van der Waals surface area contributed by atoms with Gasteiger partial charge < -0.3 is 15.8 Å². The van der Waals surface area contributed by atoms with Crippen molar-refractivity contribution in [1.82, 2.24) is 10.3 Å². The number of carbonyl (C=O) groups is 1. The van der Waals surface area contributed by atoms with Crippen LogP contribution in [0.4, 0.5) is 0 Å². The van der Waals surface area contributed by atoms with E-state index in [0.29, 0.717) is 24.5 Å². The fourth-order valence-electron chi connectivity index (χ4n) is 1.49. The Labute approximate surface area is 108 Å². The van der Waals surface area contributed by atoms with E-state index in [1.165, 1.54) is 0 Å². The maximum atomic E-state index is 11.7. The molecule has 0 radical (unpaired) electrons. The SMILES string of the molecule is CCCNC(=O)C(C)Oc1ccc(C)nc1CN. The van der Waals surface area contributed by atoms with Crippen molar-refractivity contribution < 1.29 is 9.53 Å². The topological polar surface area (TPSA) is 77.2 Å². The summed E-state index contributed by atoms with van der Waals surface area (Å²) in [6.07, 6.45) is 0.352. The van der Waals surface area contributed by atoms with Crippen molar-refractivity contribution in [3.8, 4) is 5.75 Å². The molecular weight excluding hydrogens is 230 g/mol. The average molecular weight is 251 g/mol. The molecule has 5 heteroatoms. The number of rotatable bonds is 6. The standard InChI is InChI=1S/C13H21N3O2/c1-4-7-15-13(17)10(3)18-12-6-5-9(2)16-11(12)8-14/h5-6,10H,4,7-8,14H2,1-3H3,(H,15,17). The molecule has 1 aromatic heterocycles. The third kappa shape index (κ3) is 4.00. The number of amides is 1. The van der Waals surface area contributed by atoms with Crippen LogP contribution in [0.3, 0.4) is 0 Å². The van der Waals surface area contributed by atoms with E-state index < -0.39 is 6.10 Å². The van der Waals surface area contributed by atoms with Crippen LogP contribution in [0.1, 0.15) is 31.7 Å². The first-order valence-electron chi connectivity index (χ1n) is 6.19. The molecule has 1 heterocycles. The van der Waals surface area contributed by atoms with Gasteiger partial charge in [0.15, 0.2) is 6.10 Å². The number of ether oxygens (including phenoxy) is 1. The second-order valence-electron chi connectivity index (χ2n) is 4.15. The minimum Gasteiger partial charge on any atom is -0.479 e. The summed E-state index contributed by atoms with van der Waals surface area (Å²) in [7, 11) is 0. The Hall–Kier alpha value is -1.62. The van der Waals surface area contributed by atoms with Crippen molar-refractivity contribution in [3.63, 3.8) is 0 Å². The Kier molecular flexibility index (Phi) is 5.58. The molecule has 0 fully saturated rings. The summed E-state index contributed by atoms with van der Waals surface area (Å²) >= 11 is 0. The molecule has 1 atom stereocenters. The van der Waals surface area contributed by atoms with E-state index in [-0.39, 0.29) is 5.91 Å². The highest BCUT2D eigenvalue weighted by molar-refractivity contribution is 5.80. The lowest BCUT2D eigenvalue weighted by Crippen LogP contribution is -2.36. The van der Waals surface area contributed by atoms with Gasteiger partial charge in [0, 0.05) is 18.8 Å². The maximum absolute atomic E-state index is 11.7. The zero-order chi connectivity index (χ0) is 13.5. The molecule has 0 aliphatic heterocycles. The molecule has 1 rings (SSSR count). The predicted molar refractivity (Wildman–Crippen MR) is 70.3 cm³/mol. The number of carbonyl (C=O) groups excluding carboxylic acids is 1. The highest BCUT2D eigenvalue weighted by Gasteiger charge is 2.15. The summed E-state index contributed by atoms with van der Waals surface area (Å²) in [6, 6.07) is 3.64. The molecule has 0 saturated heterocycles. The Morgan fingerprint density at radius 2 is 2.28 bits per heavy atom. The van der Waals surface area contributed by atoms with E-state index in [2.05, 4.69) is 10.3 Å². The van der Waals surface area contributed by atoms with Crippen LogP contribution in [0.15, 0.2) is 12.1 Å². The molecule has 0 spiro atoms. The van der Waals surface area contributed by atoms with E-state index in [0.717, 1.165) is 12.1 Å². The van der Waals surface area contributed by atoms with Crippen LogP contribution in [0.5, 0.6) is 5.75 Å². The summed E-state index contributed by atoms with van der Waals surface area (Å²) in [4.78, 5) is 16.0. The highest BCUT2D eigenvalue weighted by atomic mass is 16.5. The first-order valence-corrected chi connectivity index (χ1v) is 6.19. The van der Waals surface area contributed by atoms with E-state index in [9.17, 15) is 4.79 Å². The molecule has 0 aromatic carbocycles. The van der Waals surface area contributed by atoms with Crippen molar-refractivity contribution >= 4 is 5.91 Å². The molecule has 18 heavy (non-hydrogen) atoms. The van der Waals surface area contributed by atoms with Gasteiger partial charge in [0.05, 0.1) is 5.69 Å². The van der Waals surface area contributed by atoms with Crippen molar-refractivity contribution in [2.75, 3.05) is 6.54 Å². The lowest BCUT2D eigenvalue weighted by Gasteiger charge is -2.16. The van der Waals surface area contributed by atoms with Crippen molar-refractivity contribution in [3.05, 3.63) is 23.5 Å². The molecule has 1 amide bonds. The van der Waals surface area contributed by atoms with Gasteiger partial charge in [-0.15, -0.1) is 0 Å². The Morgan fingerprint density at radius 3 is 2.89 bits per heavy atom. The molecular formula is C13H21N3O2. The lowest BCUT2D eigenvalue weighted by molar-refractivity contribution is -0.127. The van der Waals surface area contributed by atoms with Crippen LogP contribution in [0.25, 0.3) is 0 Å². The Balaban J connectivity index is 2.69. The second-order valence-corrected chi connectivity index (χ2v) is 4.15.